The molecule has 0 aliphatic heterocycles. The Kier molecular flexibility index (Phi) is 5.27. The largest absolute Gasteiger partial charge is 0.320 e. The van der Waals surface area contributed by atoms with Gasteiger partial charge in [0, 0.05) is 21.8 Å². The highest BCUT2D eigenvalue weighted by molar-refractivity contribution is 9.10. The highest BCUT2D eigenvalue weighted by Gasteiger charge is 2.23. The van der Waals surface area contributed by atoms with Gasteiger partial charge in [-0.3, -0.25) is 4.79 Å². The molecule has 122 valence electrons. The van der Waals surface area contributed by atoms with Gasteiger partial charge in [-0.25, -0.2) is 4.98 Å². The SMILES string of the molecule is Cc1nc(SCC(=O)c2ccc(Br)cc2)n(C2CCCC2)c1C. The van der Waals surface area contributed by atoms with Gasteiger partial charge in [0.2, 0.25) is 0 Å². The monoisotopic (exact) mass is 392 g/mol. The van der Waals surface area contributed by atoms with E-state index < -0.39 is 0 Å². The Labute approximate surface area is 150 Å². The molecule has 3 rings (SSSR count). The maximum Gasteiger partial charge on any atom is 0.173 e. The highest BCUT2D eigenvalue weighted by atomic mass is 79.9. The summed E-state index contributed by atoms with van der Waals surface area (Å²) in [6.45, 7) is 4.20. The van der Waals surface area contributed by atoms with Crippen molar-refractivity contribution in [2.45, 2.75) is 50.7 Å². The summed E-state index contributed by atoms with van der Waals surface area (Å²) >= 11 is 4.96. The summed E-state index contributed by atoms with van der Waals surface area (Å²) < 4.78 is 3.35. The molecule has 3 nitrogen and oxygen atoms in total. The molecular formula is C18H21BrN2OS. The minimum Gasteiger partial charge on any atom is -0.320 e. The summed E-state index contributed by atoms with van der Waals surface area (Å²) in [5.41, 5.74) is 3.08. The maximum atomic E-state index is 12.4. The predicted molar refractivity (Wildman–Crippen MR) is 98.4 cm³/mol. The Bertz CT molecular complexity index is 703. The van der Waals surface area contributed by atoms with Crippen molar-refractivity contribution >= 4 is 33.5 Å². The van der Waals surface area contributed by atoms with E-state index in [2.05, 4.69) is 34.3 Å². The summed E-state index contributed by atoms with van der Waals surface area (Å²) in [4.78, 5) is 17.1. The van der Waals surface area contributed by atoms with Crippen molar-refractivity contribution in [2.24, 2.45) is 0 Å². The lowest BCUT2D eigenvalue weighted by atomic mass is 10.2. The van der Waals surface area contributed by atoms with Crippen LogP contribution >= 0.6 is 27.7 Å². The van der Waals surface area contributed by atoms with Gasteiger partial charge in [0.15, 0.2) is 10.9 Å². The van der Waals surface area contributed by atoms with Crippen LogP contribution in [-0.4, -0.2) is 21.1 Å². The second-order valence-corrected chi connectivity index (χ2v) is 7.95. The van der Waals surface area contributed by atoms with Crippen LogP contribution in [0.5, 0.6) is 0 Å². The molecule has 1 aliphatic carbocycles. The number of ketones is 1. The minimum atomic E-state index is 0.152. The van der Waals surface area contributed by atoms with Gasteiger partial charge in [-0.15, -0.1) is 0 Å². The third-order valence-electron chi connectivity index (χ3n) is 4.54. The van der Waals surface area contributed by atoms with E-state index in [1.54, 1.807) is 11.8 Å². The first kappa shape index (κ1) is 16.8. The quantitative estimate of drug-likeness (QED) is 0.507. The zero-order chi connectivity index (χ0) is 16.4. The van der Waals surface area contributed by atoms with Gasteiger partial charge in [0.25, 0.3) is 0 Å². The van der Waals surface area contributed by atoms with Crippen LogP contribution in [0.25, 0.3) is 0 Å². The van der Waals surface area contributed by atoms with Crippen molar-refractivity contribution in [1.82, 2.24) is 9.55 Å². The number of nitrogens with zero attached hydrogens (tertiary/aromatic N) is 2. The number of aryl methyl sites for hydroxylation is 1. The lowest BCUT2D eigenvalue weighted by molar-refractivity contribution is 0.102. The molecular weight excluding hydrogens is 372 g/mol. The van der Waals surface area contributed by atoms with Gasteiger partial charge in [0.05, 0.1) is 11.4 Å². The van der Waals surface area contributed by atoms with Gasteiger partial charge < -0.3 is 4.57 Å². The fourth-order valence-electron chi connectivity index (χ4n) is 3.14. The molecule has 1 saturated carbocycles. The summed E-state index contributed by atoms with van der Waals surface area (Å²) in [6, 6.07) is 8.11. The van der Waals surface area contributed by atoms with Gasteiger partial charge in [-0.2, -0.15) is 0 Å². The lowest BCUT2D eigenvalue weighted by Gasteiger charge is -2.16. The third-order valence-corrected chi connectivity index (χ3v) is 6.02. The number of rotatable bonds is 5. The summed E-state index contributed by atoms with van der Waals surface area (Å²) in [6.07, 6.45) is 5.04. The molecule has 0 atom stereocenters. The zero-order valence-electron chi connectivity index (χ0n) is 13.5. The van der Waals surface area contributed by atoms with E-state index in [4.69, 9.17) is 4.98 Å². The predicted octanol–water partition coefficient (Wildman–Crippen LogP) is 5.35. The number of carbonyl (C=O) groups excluding carboxylic acids is 1. The van der Waals surface area contributed by atoms with Gasteiger partial charge >= 0.3 is 0 Å². The molecule has 0 N–H and O–H groups in total. The number of aromatic nitrogens is 2. The van der Waals surface area contributed by atoms with Gasteiger partial charge in [-0.1, -0.05) is 52.7 Å². The van der Waals surface area contributed by atoms with Crippen LogP contribution in [0.1, 0.15) is 53.5 Å². The molecule has 1 fully saturated rings. The Hall–Kier alpha value is -1.07. The van der Waals surface area contributed by atoms with Crippen molar-refractivity contribution < 1.29 is 4.79 Å². The Morgan fingerprint density at radius 2 is 1.91 bits per heavy atom. The average Bonchev–Trinajstić information content (AvgIpc) is 3.15. The van der Waals surface area contributed by atoms with E-state index in [1.165, 1.54) is 31.4 Å². The molecule has 0 amide bonds. The highest BCUT2D eigenvalue weighted by Crippen LogP contribution is 2.35. The summed E-state index contributed by atoms with van der Waals surface area (Å²) in [5, 5.41) is 0.998. The van der Waals surface area contributed by atoms with Crippen LogP contribution in [0.15, 0.2) is 33.9 Å². The van der Waals surface area contributed by atoms with E-state index in [1.807, 2.05) is 24.3 Å². The van der Waals surface area contributed by atoms with Crippen molar-refractivity contribution in [3.63, 3.8) is 0 Å². The number of carbonyl (C=O) groups is 1. The molecule has 0 radical (unpaired) electrons. The normalized spacial score (nSPS) is 15.3. The number of halogens is 1. The van der Waals surface area contributed by atoms with Crippen molar-refractivity contribution in [3.05, 3.63) is 45.7 Å². The zero-order valence-corrected chi connectivity index (χ0v) is 15.9. The van der Waals surface area contributed by atoms with E-state index in [0.29, 0.717) is 11.8 Å². The third kappa shape index (κ3) is 3.72. The first-order valence-electron chi connectivity index (χ1n) is 8.03. The van der Waals surface area contributed by atoms with Crippen LogP contribution in [0.2, 0.25) is 0 Å². The second kappa shape index (κ2) is 7.22. The van der Waals surface area contributed by atoms with E-state index in [-0.39, 0.29) is 5.78 Å². The van der Waals surface area contributed by atoms with E-state index in [9.17, 15) is 4.79 Å². The van der Waals surface area contributed by atoms with Gasteiger partial charge in [0.1, 0.15) is 0 Å². The average molecular weight is 393 g/mol. The number of thioether (sulfide) groups is 1. The minimum absolute atomic E-state index is 0.152. The molecule has 0 saturated heterocycles. The topological polar surface area (TPSA) is 34.9 Å². The smallest absolute Gasteiger partial charge is 0.173 e. The first-order chi connectivity index (χ1) is 11.1. The van der Waals surface area contributed by atoms with Crippen LogP contribution in [-0.2, 0) is 0 Å². The maximum absolute atomic E-state index is 12.4. The van der Waals surface area contributed by atoms with Crippen molar-refractivity contribution in [2.75, 3.05) is 5.75 Å². The fourth-order valence-corrected chi connectivity index (χ4v) is 4.46. The molecule has 0 spiro atoms. The molecule has 1 aliphatic rings. The summed E-state index contributed by atoms with van der Waals surface area (Å²) in [7, 11) is 0. The van der Waals surface area contributed by atoms with E-state index in [0.717, 1.165) is 20.9 Å². The molecule has 1 heterocycles. The number of imidazole rings is 1. The van der Waals surface area contributed by atoms with Crippen molar-refractivity contribution in [3.8, 4) is 0 Å². The number of hydrogen-bond acceptors (Lipinski definition) is 3. The molecule has 1 aromatic carbocycles. The van der Waals surface area contributed by atoms with Crippen LogP contribution < -0.4 is 0 Å². The van der Waals surface area contributed by atoms with Crippen LogP contribution in [0, 0.1) is 13.8 Å². The molecule has 1 aromatic heterocycles. The first-order valence-corrected chi connectivity index (χ1v) is 9.81. The molecule has 0 bridgehead atoms. The molecule has 2 aromatic rings. The lowest BCUT2D eigenvalue weighted by Crippen LogP contribution is -2.10. The van der Waals surface area contributed by atoms with E-state index >= 15 is 0 Å². The Morgan fingerprint density at radius 3 is 2.57 bits per heavy atom. The Balaban J connectivity index is 1.74. The fraction of sp³-hybridized carbons (Fsp3) is 0.444. The number of hydrogen-bond donors (Lipinski definition) is 0. The van der Waals surface area contributed by atoms with Crippen molar-refractivity contribution in [1.29, 1.82) is 0 Å². The number of Topliss-reactive ketones (excluding diaryl/α,β-unsaturated/α-hetero) is 1. The Morgan fingerprint density at radius 1 is 1.26 bits per heavy atom. The summed E-state index contributed by atoms with van der Waals surface area (Å²) in [5.74, 6) is 0.586. The molecule has 5 heteroatoms. The second-order valence-electron chi connectivity index (χ2n) is 6.09. The van der Waals surface area contributed by atoms with Crippen LogP contribution in [0.4, 0.5) is 0 Å². The molecule has 23 heavy (non-hydrogen) atoms. The number of benzene rings is 1. The standard InChI is InChI=1S/C18H21BrN2OS/c1-12-13(2)21(16-5-3-4-6-16)18(20-12)23-11-17(22)14-7-9-15(19)10-8-14/h7-10,16H,3-6,11H2,1-2H3. The van der Waals surface area contributed by atoms with Gasteiger partial charge in [-0.05, 0) is 38.8 Å². The van der Waals surface area contributed by atoms with Crippen LogP contribution in [0.3, 0.4) is 0 Å². The molecule has 0 unspecified atom stereocenters.